The number of H-pyrrole nitrogens is 1. The predicted octanol–water partition coefficient (Wildman–Crippen LogP) is 4.63. The highest BCUT2D eigenvalue weighted by atomic mass is 35.5. The second kappa shape index (κ2) is 8.74. The molecule has 1 atom stereocenters. The Hall–Kier alpha value is -2.08. The maximum absolute atomic E-state index is 12.1. The quantitative estimate of drug-likeness (QED) is 0.580. The van der Waals surface area contributed by atoms with Crippen LogP contribution in [-0.2, 0) is 4.79 Å². The largest absolute Gasteiger partial charge is 0.338 e. The number of para-hydroxylation sites is 1. The summed E-state index contributed by atoms with van der Waals surface area (Å²) in [4.78, 5) is 20.0. The number of carbonyl (C=O) groups is 1. The van der Waals surface area contributed by atoms with Crippen molar-refractivity contribution >= 4 is 46.6 Å². The van der Waals surface area contributed by atoms with Crippen molar-refractivity contribution in [2.75, 3.05) is 18.4 Å². The van der Waals surface area contributed by atoms with E-state index < -0.39 is 0 Å². The number of halogens is 2. The first kappa shape index (κ1) is 19.7. The molecular formula is C20H22Cl2N4O. The third-order valence-electron chi connectivity index (χ3n) is 4.85. The molecule has 2 aromatic carbocycles. The number of aromatic amines is 1. The lowest BCUT2D eigenvalue weighted by atomic mass is 10.0. The van der Waals surface area contributed by atoms with Crippen molar-refractivity contribution in [1.29, 1.82) is 0 Å². The molecule has 5 nitrogen and oxygen atoms in total. The number of aromatic nitrogens is 2. The Morgan fingerprint density at radius 1 is 1.22 bits per heavy atom. The Morgan fingerprint density at radius 3 is 2.74 bits per heavy atom. The van der Waals surface area contributed by atoms with Crippen LogP contribution in [0.2, 0.25) is 5.02 Å². The van der Waals surface area contributed by atoms with Gasteiger partial charge in [0.05, 0.1) is 10.5 Å². The molecule has 3 N–H and O–H groups in total. The average Bonchev–Trinajstić information content (AvgIpc) is 3.31. The van der Waals surface area contributed by atoms with E-state index in [0.717, 1.165) is 47.6 Å². The highest BCUT2D eigenvalue weighted by molar-refractivity contribution is 6.35. The molecule has 1 aliphatic heterocycles. The van der Waals surface area contributed by atoms with Crippen molar-refractivity contribution in [1.82, 2.24) is 15.3 Å². The number of hydrogen-bond donors (Lipinski definition) is 3. The molecule has 1 unspecified atom stereocenters. The Morgan fingerprint density at radius 2 is 2.04 bits per heavy atom. The molecule has 4 rings (SSSR count). The summed E-state index contributed by atoms with van der Waals surface area (Å²) in [6, 6.07) is 13.4. The molecule has 1 aliphatic rings. The molecule has 1 aromatic heterocycles. The number of benzene rings is 2. The number of carbonyl (C=O) groups excluding carboxylic acids is 1. The second-order valence-corrected chi connectivity index (χ2v) is 7.15. The van der Waals surface area contributed by atoms with Crippen LogP contribution in [0.25, 0.3) is 22.4 Å². The number of amides is 1. The van der Waals surface area contributed by atoms with Crippen molar-refractivity contribution in [3.63, 3.8) is 0 Å². The third-order valence-corrected chi connectivity index (χ3v) is 5.15. The number of nitrogens with one attached hydrogen (secondary N) is 3. The summed E-state index contributed by atoms with van der Waals surface area (Å²) < 4.78 is 0. The molecule has 3 aromatic rings. The van der Waals surface area contributed by atoms with Crippen molar-refractivity contribution < 1.29 is 4.79 Å². The smallest absolute Gasteiger partial charge is 0.224 e. The molecule has 27 heavy (non-hydrogen) atoms. The van der Waals surface area contributed by atoms with Crippen molar-refractivity contribution in [3.8, 4) is 11.4 Å². The summed E-state index contributed by atoms with van der Waals surface area (Å²) in [5.74, 6) is 1.46. The number of rotatable bonds is 5. The van der Waals surface area contributed by atoms with Crippen LogP contribution in [0.4, 0.5) is 5.69 Å². The highest BCUT2D eigenvalue weighted by Gasteiger charge is 2.15. The van der Waals surface area contributed by atoms with E-state index in [1.165, 1.54) is 6.42 Å². The fourth-order valence-electron chi connectivity index (χ4n) is 3.36. The molecule has 0 saturated carbocycles. The maximum Gasteiger partial charge on any atom is 0.224 e. The van der Waals surface area contributed by atoms with E-state index in [-0.39, 0.29) is 18.3 Å². The van der Waals surface area contributed by atoms with E-state index in [4.69, 9.17) is 11.6 Å². The fraction of sp³-hybridized carbons (Fsp3) is 0.300. The number of fused-ring (bicyclic) bond motifs is 1. The van der Waals surface area contributed by atoms with Crippen LogP contribution >= 0.6 is 24.0 Å². The minimum atomic E-state index is 0. The van der Waals surface area contributed by atoms with E-state index in [1.54, 1.807) is 0 Å². The SMILES string of the molecule is Cl.O=C(CCC1CCNC1)Nc1ccc(-c2nc3c(Cl)cccc3[nH]2)cc1. The van der Waals surface area contributed by atoms with Crippen molar-refractivity contribution in [3.05, 3.63) is 47.5 Å². The molecule has 0 radical (unpaired) electrons. The van der Waals surface area contributed by atoms with Gasteiger partial charge in [0.15, 0.2) is 0 Å². The van der Waals surface area contributed by atoms with Gasteiger partial charge >= 0.3 is 0 Å². The monoisotopic (exact) mass is 404 g/mol. The molecule has 142 valence electrons. The Balaban J connectivity index is 0.00000210. The number of hydrogen-bond acceptors (Lipinski definition) is 3. The minimum absolute atomic E-state index is 0. The molecule has 0 bridgehead atoms. The second-order valence-electron chi connectivity index (χ2n) is 6.74. The molecule has 2 heterocycles. The predicted molar refractivity (Wildman–Crippen MR) is 113 cm³/mol. The van der Waals surface area contributed by atoms with E-state index in [0.29, 0.717) is 17.4 Å². The van der Waals surface area contributed by atoms with Crippen molar-refractivity contribution in [2.24, 2.45) is 5.92 Å². The van der Waals surface area contributed by atoms with Crippen LogP contribution in [0.5, 0.6) is 0 Å². The zero-order chi connectivity index (χ0) is 17.9. The molecule has 7 heteroatoms. The van der Waals surface area contributed by atoms with Gasteiger partial charge < -0.3 is 15.6 Å². The van der Waals surface area contributed by atoms with Gasteiger partial charge in [-0.05, 0) is 68.2 Å². The maximum atomic E-state index is 12.1. The Kier molecular flexibility index (Phi) is 6.37. The van der Waals surface area contributed by atoms with E-state index in [9.17, 15) is 4.79 Å². The van der Waals surface area contributed by atoms with Crippen LogP contribution in [0.15, 0.2) is 42.5 Å². The first-order valence-electron chi connectivity index (χ1n) is 8.94. The number of nitrogens with zero attached hydrogens (tertiary/aromatic N) is 1. The van der Waals surface area contributed by atoms with Gasteiger partial charge in [-0.2, -0.15) is 0 Å². The first-order valence-corrected chi connectivity index (χ1v) is 9.32. The van der Waals surface area contributed by atoms with E-state index in [2.05, 4.69) is 20.6 Å². The zero-order valence-corrected chi connectivity index (χ0v) is 16.4. The van der Waals surface area contributed by atoms with Gasteiger partial charge in [0, 0.05) is 17.7 Å². The van der Waals surface area contributed by atoms with Crippen LogP contribution in [0, 0.1) is 5.92 Å². The lowest BCUT2D eigenvalue weighted by molar-refractivity contribution is -0.116. The van der Waals surface area contributed by atoms with Gasteiger partial charge in [0.2, 0.25) is 5.91 Å². The summed E-state index contributed by atoms with van der Waals surface area (Å²) in [5, 5.41) is 6.93. The normalized spacial score (nSPS) is 16.3. The number of anilines is 1. The van der Waals surface area contributed by atoms with Crippen LogP contribution in [0.3, 0.4) is 0 Å². The van der Waals surface area contributed by atoms with Crippen LogP contribution in [0.1, 0.15) is 19.3 Å². The minimum Gasteiger partial charge on any atom is -0.338 e. The Bertz CT molecular complexity index is 917. The molecule has 0 spiro atoms. The summed E-state index contributed by atoms with van der Waals surface area (Å²) in [6.45, 7) is 2.10. The highest BCUT2D eigenvalue weighted by Crippen LogP contribution is 2.26. The molecule has 1 amide bonds. The average molecular weight is 405 g/mol. The van der Waals surface area contributed by atoms with E-state index >= 15 is 0 Å². The van der Waals surface area contributed by atoms with Crippen LogP contribution < -0.4 is 10.6 Å². The van der Waals surface area contributed by atoms with Gasteiger partial charge in [0.1, 0.15) is 11.3 Å². The Labute approximate surface area is 169 Å². The molecule has 1 fully saturated rings. The topological polar surface area (TPSA) is 69.8 Å². The standard InChI is InChI=1S/C20H21ClN4O.ClH/c21-16-2-1-3-17-19(16)25-20(24-17)14-5-7-15(8-6-14)23-18(26)9-4-13-10-11-22-12-13;/h1-3,5-8,13,22H,4,9-12H2,(H,23,26)(H,24,25);1H. The van der Waals surface area contributed by atoms with Gasteiger partial charge in [-0.25, -0.2) is 4.98 Å². The van der Waals surface area contributed by atoms with Crippen LogP contribution in [-0.4, -0.2) is 29.0 Å². The summed E-state index contributed by atoms with van der Waals surface area (Å²) in [6.07, 6.45) is 2.68. The summed E-state index contributed by atoms with van der Waals surface area (Å²) >= 11 is 6.18. The van der Waals surface area contributed by atoms with Gasteiger partial charge in [-0.3, -0.25) is 4.79 Å². The lowest BCUT2D eigenvalue weighted by Gasteiger charge is -2.09. The van der Waals surface area contributed by atoms with Gasteiger partial charge in [-0.1, -0.05) is 17.7 Å². The first-order chi connectivity index (χ1) is 12.7. The van der Waals surface area contributed by atoms with Crippen molar-refractivity contribution in [2.45, 2.75) is 19.3 Å². The van der Waals surface area contributed by atoms with E-state index in [1.807, 2.05) is 42.5 Å². The molecule has 1 saturated heterocycles. The fourth-order valence-corrected chi connectivity index (χ4v) is 3.58. The lowest BCUT2D eigenvalue weighted by Crippen LogP contribution is -2.14. The third kappa shape index (κ3) is 4.61. The number of imidazole rings is 1. The van der Waals surface area contributed by atoms with Gasteiger partial charge in [0.25, 0.3) is 0 Å². The summed E-state index contributed by atoms with van der Waals surface area (Å²) in [5.41, 5.74) is 3.43. The van der Waals surface area contributed by atoms with Gasteiger partial charge in [-0.15, -0.1) is 12.4 Å². The summed E-state index contributed by atoms with van der Waals surface area (Å²) in [7, 11) is 0. The molecular weight excluding hydrogens is 383 g/mol. The molecule has 0 aliphatic carbocycles. The zero-order valence-electron chi connectivity index (χ0n) is 14.8.